The number of quaternary nitrogens is 1. The van der Waals surface area contributed by atoms with E-state index in [-0.39, 0.29) is 5.69 Å². The second kappa shape index (κ2) is 3.62. The van der Waals surface area contributed by atoms with Crippen molar-refractivity contribution in [3.05, 3.63) is 40.1 Å². The molecular weight excluding hydrogens is 248 g/mol. The second-order valence-corrected chi connectivity index (χ2v) is 3.69. The third kappa shape index (κ3) is 1.62. The number of hydrogen-bond donors (Lipinski definition) is 2. The largest absolute Gasteiger partial charge is 0.595 e. The van der Waals surface area contributed by atoms with Gasteiger partial charge in [0.1, 0.15) is 0 Å². The van der Waals surface area contributed by atoms with Crippen LogP contribution >= 0.6 is 15.9 Å². The maximum absolute atomic E-state index is 10.8. The number of halogens is 1. The number of fused-ring (bicyclic) bond motifs is 1. The average molecular weight is 255 g/mol. The summed E-state index contributed by atoms with van der Waals surface area (Å²) in [5.74, 6) is 0. The van der Waals surface area contributed by atoms with Crippen molar-refractivity contribution in [2.45, 2.75) is 0 Å². The van der Waals surface area contributed by atoms with E-state index in [0.29, 0.717) is 4.47 Å². The monoisotopic (exact) mass is 254 g/mol. The highest BCUT2D eigenvalue weighted by molar-refractivity contribution is 9.10. The molecule has 0 aliphatic carbocycles. The highest BCUT2D eigenvalue weighted by atomic mass is 79.9. The molecule has 0 radical (unpaired) electrons. The van der Waals surface area contributed by atoms with Crippen LogP contribution in [-0.2, 0) is 0 Å². The summed E-state index contributed by atoms with van der Waals surface area (Å²) in [6.07, 6.45) is 1.67. The lowest BCUT2D eigenvalue weighted by molar-refractivity contribution is -0.991. The van der Waals surface area contributed by atoms with Crippen LogP contribution in [0, 0.1) is 5.21 Å². The van der Waals surface area contributed by atoms with Gasteiger partial charge in [-0.15, -0.1) is 0 Å². The van der Waals surface area contributed by atoms with Gasteiger partial charge in [-0.05, 0) is 22.0 Å². The molecule has 1 atom stereocenters. The summed E-state index contributed by atoms with van der Waals surface area (Å²) in [5.41, 5.74) is 1.04. The third-order valence-electron chi connectivity index (χ3n) is 1.91. The van der Waals surface area contributed by atoms with E-state index in [1.807, 2.05) is 6.07 Å². The average Bonchev–Trinajstić information content (AvgIpc) is 2.17. The summed E-state index contributed by atoms with van der Waals surface area (Å²) in [6, 6.07) is 6.77. The molecule has 1 unspecified atom stereocenters. The zero-order valence-electron chi connectivity index (χ0n) is 7.07. The van der Waals surface area contributed by atoms with Crippen LogP contribution in [0.4, 0.5) is 5.69 Å². The molecule has 5 heteroatoms. The number of nitrogens with one attached hydrogen (secondary N) is 1. The minimum Gasteiger partial charge on any atom is -0.595 e. The molecule has 0 aliphatic rings. The zero-order chi connectivity index (χ0) is 10.1. The van der Waals surface area contributed by atoms with Crippen molar-refractivity contribution in [2.75, 3.05) is 0 Å². The molecule has 1 aromatic carbocycles. The van der Waals surface area contributed by atoms with E-state index < -0.39 is 5.23 Å². The van der Waals surface area contributed by atoms with Gasteiger partial charge in [-0.2, -0.15) is 5.23 Å². The van der Waals surface area contributed by atoms with E-state index in [1.54, 1.807) is 24.4 Å². The molecule has 72 valence electrons. The van der Waals surface area contributed by atoms with Gasteiger partial charge in [-0.3, -0.25) is 4.98 Å². The molecule has 4 nitrogen and oxygen atoms in total. The lowest BCUT2D eigenvalue weighted by Crippen LogP contribution is -2.99. The van der Waals surface area contributed by atoms with Crippen LogP contribution in [-0.4, -0.2) is 10.2 Å². The van der Waals surface area contributed by atoms with Crippen LogP contribution in [0.5, 0.6) is 0 Å². The van der Waals surface area contributed by atoms with E-state index in [4.69, 9.17) is 5.21 Å². The maximum atomic E-state index is 10.8. The van der Waals surface area contributed by atoms with Crippen LogP contribution in [0.15, 0.2) is 34.9 Å². The molecule has 0 saturated carbocycles. The van der Waals surface area contributed by atoms with Crippen molar-refractivity contribution in [3.8, 4) is 0 Å². The normalized spacial score (nSPS) is 13.1. The molecule has 2 N–H and O–H groups in total. The first kappa shape index (κ1) is 9.54. The minimum absolute atomic E-state index is 0.261. The van der Waals surface area contributed by atoms with Crippen molar-refractivity contribution < 1.29 is 10.4 Å². The van der Waals surface area contributed by atoms with Gasteiger partial charge in [0, 0.05) is 28.2 Å². The third-order valence-corrected chi connectivity index (χ3v) is 2.51. The molecule has 0 spiro atoms. The van der Waals surface area contributed by atoms with Gasteiger partial charge in [0.15, 0.2) is 5.69 Å². The summed E-state index contributed by atoms with van der Waals surface area (Å²) in [4.78, 5) is 4.14. The van der Waals surface area contributed by atoms with Gasteiger partial charge in [-0.25, -0.2) is 5.21 Å². The SMILES string of the molecule is [O-][NH+](O)c1cc(Br)c2ncccc2c1. The molecule has 0 bridgehead atoms. The summed E-state index contributed by atoms with van der Waals surface area (Å²) >= 11 is 3.29. The van der Waals surface area contributed by atoms with Crippen molar-refractivity contribution in [2.24, 2.45) is 0 Å². The highest BCUT2D eigenvalue weighted by Gasteiger charge is 2.06. The number of benzene rings is 1. The molecule has 1 heterocycles. The van der Waals surface area contributed by atoms with Crippen molar-refractivity contribution in [1.29, 1.82) is 0 Å². The Kier molecular flexibility index (Phi) is 2.47. The quantitative estimate of drug-likeness (QED) is 0.757. The Hall–Kier alpha value is -1.01. The maximum Gasteiger partial charge on any atom is 0.165 e. The standard InChI is InChI=1S/C9H7BrN2O2/c10-8-5-7(12(13)14)4-6-2-1-3-11-9(6)8/h1-5,12-13H. The number of aromatic nitrogens is 1. The first-order valence-electron chi connectivity index (χ1n) is 3.96. The molecule has 2 aromatic rings. The fourth-order valence-electron chi connectivity index (χ4n) is 1.27. The first-order chi connectivity index (χ1) is 6.68. The summed E-state index contributed by atoms with van der Waals surface area (Å²) in [6.45, 7) is 0. The number of pyridine rings is 1. The molecule has 0 fully saturated rings. The molecule has 1 aromatic heterocycles. The predicted octanol–water partition coefficient (Wildman–Crippen LogP) is 1.40. The van der Waals surface area contributed by atoms with E-state index >= 15 is 0 Å². The Morgan fingerprint density at radius 3 is 2.93 bits per heavy atom. The van der Waals surface area contributed by atoms with Crippen LogP contribution in [0.1, 0.15) is 0 Å². The Balaban J connectivity index is 2.72. The summed E-state index contributed by atoms with van der Waals surface area (Å²) in [5, 5.41) is 19.5. The Morgan fingerprint density at radius 1 is 1.43 bits per heavy atom. The summed E-state index contributed by atoms with van der Waals surface area (Å²) in [7, 11) is 0. The number of hydrogen-bond acceptors (Lipinski definition) is 3. The first-order valence-corrected chi connectivity index (χ1v) is 4.75. The van der Waals surface area contributed by atoms with E-state index in [0.717, 1.165) is 10.9 Å². The number of rotatable bonds is 1. The van der Waals surface area contributed by atoms with Crippen LogP contribution in [0.25, 0.3) is 10.9 Å². The van der Waals surface area contributed by atoms with Gasteiger partial charge < -0.3 is 5.21 Å². The van der Waals surface area contributed by atoms with Crippen molar-refractivity contribution >= 4 is 32.5 Å². The smallest absolute Gasteiger partial charge is 0.165 e. The van der Waals surface area contributed by atoms with Crippen LogP contribution < -0.4 is 5.23 Å². The Bertz CT molecular complexity index is 473. The van der Waals surface area contributed by atoms with Crippen molar-refractivity contribution in [3.63, 3.8) is 0 Å². The highest BCUT2D eigenvalue weighted by Crippen LogP contribution is 2.24. The molecule has 0 aliphatic heterocycles. The molecular formula is C9H7BrN2O2. The molecule has 0 amide bonds. The lowest BCUT2D eigenvalue weighted by Gasteiger charge is -2.12. The molecule has 0 saturated heterocycles. The fourth-order valence-corrected chi connectivity index (χ4v) is 1.85. The summed E-state index contributed by atoms with van der Waals surface area (Å²) < 4.78 is 0.702. The van der Waals surface area contributed by atoms with E-state index in [1.165, 1.54) is 0 Å². The minimum atomic E-state index is -0.934. The second-order valence-electron chi connectivity index (χ2n) is 2.84. The Labute approximate surface area is 88.5 Å². The van der Waals surface area contributed by atoms with Gasteiger partial charge in [-0.1, -0.05) is 6.07 Å². The lowest BCUT2D eigenvalue weighted by atomic mass is 10.2. The molecule has 14 heavy (non-hydrogen) atoms. The van der Waals surface area contributed by atoms with Gasteiger partial charge in [0.25, 0.3) is 0 Å². The molecule has 2 rings (SSSR count). The van der Waals surface area contributed by atoms with Crippen molar-refractivity contribution in [1.82, 2.24) is 4.98 Å². The number of nitrogens with zero attached hydrogens (tertiary/aromatic N) is 1. The van der Waals surface area contributed by atoms with E-state index in [9.17, 15) is 5.21 Å². The van der Waals surface area contributed by atoms with Gasteiger partial charge >= 0.3 is 0 Å². The predicted molar refractivity (Wildman–Crippen MR) is 55.2 cm³/mol. The van der Waals surface area contributed by atoms with Crippen LogP contribution in [0.2, 0.25) is 0 Å². The van der Waals surface area contributed by atoms with Crippen LogP contribution in [0.3, 0.4) is 0 Å². The fraction of sp³-hybridized carbons (Fsp3) is 0. The topological polar surface area (TPSA) is 60.6 Å². The van der Waals surface area contributed by atoms with E-state index in [2.05, 4.69) is 20.9 Å². The zero-order valence-corrected chi connectivity index (χ0v) is 8.65. The Morgan fingerprint density at radius 2 is 2.21 bits per heavy atom. The van der Waals surface area contributed by atoms with Gasteiger partial charge in [0.2, 0.25) is 0 Å². The van der Waals surface area contributed by atoms with Gasteiger partial charge in [0.05, 0.1) is 5.52 Å².